The van der Waals surface area contributed by atoms with Gasteiger partial charge in [0.25, 0.3) is 0 Å². The first-order chi connectivity index (χ1) is 15.5. The van der Waals surface area contributed by atoms with Gasteiger partial charge in [-0.15, -0.1) is 0 Å². The molecule has 4 heterocycles. The van der Waals surface area contributed by atoms with Crippen LogP contribution >= 0.6 is 0 Å². The normalized spacial score (nSPS) is 19.8. The Morgan fingerprint density at radius 3 is 2.62 bits per heavy atom. The van der Waals surface area contributed by atoms with E-state index in [2.05, 4.69) is 27.0 Å². The van der Waals surface area contributed by atoms with Crippen molar-refractivity contribution < 1.29 is 9.53 Å². The van der Waals surface area contributed by atoms with E-state index >= 15 is 0 Å². The van der Waals surface area contributed by atoms with E-state index in [1.165, 1.54) is 0 Å². The van der Waals surface area contributed by atoms with Gasteiger partial charge in [-0.3, -0.25) is 9.78 Å². The van der Waals surface area contributed by atoms with Gasteiger partial charge in [-0.25, -0.2) is 9.97 Å². The molecule has 3 aromatic rings. The van der Waals surface area contributed by atoms with Crippen molar-refractivity contribution in [2.45, 2.75) is 12.8 Å². The number of fused-ring (bicyclic) bond motifs is 1. The van der Waals surface area contributed by atoms with E-state index in [4.69, 9.17) is 9.72 Å². The Morgan fingerprint density at radius 1 is 1.09 bits per heavy atom. The molecule has 8 nitrogen and oxygen atoms in total. The minimum Gasteiger partial charge on any atom is -0.481 e. The highest BCUT2D eigenvalue weighted by molar-refractivity contribution is 5.89. The van der Waals surface area contributed by atoms with Gasteiger partial charge in [0, 0.05) is 48.6 Å². The molecule has 8 heteroatoms. The quantitative estimate of drug-likeness (QED) is 0.633. The number of hydrogen-bond donors (Lipinski definition) is 0. The number of anilines is 1. The average Bonchev–Trinajstić information content (AvgIpc) is 3.58. The summed E-state index contributed by atoms with van der Waals surface area (Å²) in [5.41, 5.74) is 2.09. The van der Waals surface area contributed by atoms with E-state index < -0.39 is 5.41 Å². The van der Waals surface area contributed by atoms with Crippen molar-refractivity contribution in [1.29, 1.82) is 5.26 Å². The Bertz CT molecular complexity index is 1280. The maximum atomic E-state index is 12.5. The number of pyridine rings is 1. The molecule has 0 radical (unpaired) electrons. The standard InChI is InChI=1S/C24H22N6O2/c1-32-21-5-3-16-8-17(2-4-18(16)28-21)19-9-26-10-20(27-19)29-12-23(13-29)14-30(15-23)22(31)24(11-25)6-7-24/h2-5,8-10H,6-7,12-15H2,1H3. The maximum absolute atomic E-state index is 12.5. The van der Waals surface area contributed by atoms with E-state index in [1.54, 1.807) is 19.5 Å². The Hall–Kier alpha value is -3.73. The van der Waals surface area contributed by atoms with Crippen molar-refractivity contribution >= 4 is 22.6 Å². The molecule has 0 N–H and O–H groups in total. The third-order valence-corrected chi connectivity index (χ3v) is 6.88. The lowest BCUT2D eigenvalue weighted by molar-refractivity contribution is -0.149. The molecule has 0 atom stereocenters. The van der Waals surface area contributed by atoms with Gasteiger partial charge in [-0.2, -0.15) is 5.26 Å². The summed E-state index contributed by atoms with van der Waals surface area (Å²) in [6.45, 7) is 3.19. The third-order valence-electron chi connectivity index (χ3n) is 6.88. The number of carbonyl (C=O) groups is 1. The van der Waals surface area contributed by atoms with Gasteiger partial charge >= 0.3 is 0 Å². The van der Waals surface area contributed by atoms with Crippen LogP contribution in [0.15, 0.2) is 42.7 Å². The molecule has 1 aliphatic carbocycles. The molecule has 2 aromatic heterocycles. The molecule has 0 unspecified atom stereocenters. The first-order valence-corrected chi connectivity index (χ1v) is 10.8. The van der Waals surface area contributed by atoms with Gasteiger partial charge in [0.15, 0.2) is 0 Å². The molecule has 3 fully saturated rings. The number of ether oxygens (including phenoxy) is 1. The predicted octanol–water partition coefficient (Wildman–Crippen LogP) is 2.65. The first-order valence-electron chi connectivity index (χ1n) is 10.8. The number of nitrogens with zero attached hydrogens (tertiary/aromatic N) is 6. The van der Waals surface area contributed by atoms with E-state index in [9.17, 15) is 10.1 Å². The molecular formula is C24H22N6O2. The van der Waals surface area contributed by atoms with Crippen LogP contribution in [0, 0.1) is 22.2 Å². The predicted molar refractivity (Wildman–Crippen MR) is 118 cm³/mol. The summed E-state index contributed by atoms with van der Waals surface area (Å²) in [4.78, 5) is 30.3. The summed E-state index contributed by atoms with van der Waals surface area (Å²) < 4.78 is 5.20. The van der Waals surface area contributed by atoms with E-state index in [1.807, 2.05) is 29.2 Å². The molecule has 1 amide bonds. The topological polar surface area (TPSA) is 95.2 Å². The molecule has 160 valence electrons. The number of nitriles is 1. The third kappa shape index (κ3) is 2.88. The van der Waals surface area contributed by atoms with Gasteiger partial charge < -0.3 is 14.5 Å². The zero-order valence-corrected chi connectivity index (χ0v) is 17.8. The molecule has 1 saturated carbocycles. The average molecular weight is 426 g/mol. The van der Waals surface area contributed by atoms with Crippen molar-refractivity contribution in [2.24, 2.45) is 10.8 Å². The van der Waals surface area contributed by atoms with Crippen LogP contribution in [0.4, 0.5) is 5.82 Å². The molecule has 2 aliphatic heterocycles. The molecule has 6 rings (SSSR count). The SMILES string of the molecule is COc1ccc2cc(-c3cncc(N4CC5(CN(C(=O)C6(C#N)CC6)C5)C4)n3)ccc2n1. The fourth-order valence-electron chi connectivity index (χ4n) is 4.86. The van der Waals surface area contributed by atoms with Gasteiger partial charge in [0.2, 0.25) is 11.8 Å². The Balaban J connectivity index is 1.15. The second-order valence-electron chi connectivity index (χ2n) is 9.23. The zero-order valence-electron chi connectivity index (χ0n) is 17.8. The summed E-state index contributed by atoms with van der Waals surface area (Å²) in [7, 11) is 1.61. The van der Waals surface area contributed by atoms with Crippen LogP contribution < -0.4 is 9.64 Å². The highest BCUT2D eigenvalue weighted by Gasteiger charge is 2.60. The second-order valence-corrected chi connectivity index (χ2v) is 9.23. The monoisotopic (exact) mass is 426 g/mol. The lowest BCUT2D eigenvalue weighted by Crippen LogP contribution is -2.73. The molecule has 2 saturated heterocycles. The molecular weight excluding hydrogens is 404 g/mol. The number of likely N-dealkylation sites (tertiary alicyclic amines) is 1. The van der Waals surface area contributed by atoms with E-state index in [-0.39, 0.29) is 11.3 Å². The fraction of sp³-hybridized carbons (Fsp3) is 0.375. The zero-order chi connectivity index (χ0) is 21.9. The number of methoxy groups -OCH3 is 1. The van der Waals surface area contributed by atoms with Crippen LogP contribution in [0.5, 0.6) is 5.88 Å². The van der Waals surface area contributed by atoms with Crippen LogP contribution in [-0.2, 0) is 4.79 Å². The molecule has 32 heavy (non-hydrogen) atoms. The Kier molecular flexibility index (Phi) is 3.94. The van der Waals surface area contributed by atoms with Gasteiger partial charge in [0.05, 0.1) is 36.8 Å². The summed E-state index contributed by atoms with van der Waals surface area (Å²) >= 11 is 0. The lowest BCUT2D eigenvalue weighted by Gasteiger charge is -2.60. The van der Waals surface area contributed by atoms with Gasteiger partial charge in [-0.1, -0.05) is 6.07 Å². The van der Waals surface area contributed by atoms with Crippen LogP contribution in [0.3, 0.4) is 0 Å². The maximum Gasteiger partial charge on any atom is 0.243 e. The lowest BCUT2D eigenvalue weighted by atomic mass is 9.72. The van der Waals surface area contributed by atoms with Crippen LogP contribution in [-0.4, -0.2) is 59.0 Å². The fourth-order valence-corrected chi connectivity index (χ4v) is 4.86. The largest absolute Gasteiger partial charge is 0.481 e. The number of rotatable bonds is 4. The highest BCUT2D eigenvalue weighted by atomic mass is 16.5. The second kappa shape index (κ2) is 6.63. The molecule has 1 aromatic carbocycles. The van der Waals surface area contributed by atoms with Crippen LogP contribution in [0.2, 0.25) is 0 Å². The summed E-state index contributed by atoms with van der Waals surface area (Å²) in [5, 5.41) is 10.3. The van der Waals surface area contributed by atoms with E-state index in [0.29, 0.717) is 18.7 Å². The molecule has 1 spiro atoms. The first kappa shape index (κ1) is 19.0. The smallest absolute Gasteiger partial charge is 0.243 e. The van der Waals surface area contributed by atoms with Gasteiger partial charge in [0.1, 0.15) is 11.2 Å². The number of benzene rings is 1. The van der Waals surface area contributed by atoms with Crippen LogP contribution in [0.1, 0.15) is 12.8 Å². The number of aromatic nitrogens is 3. The van der Waals surface area contributed by atoms with Crippen molar-refractivity contribution in [3.63, 3.8) is 0 Å². The summed E-state index contributed by atoms with van der Waals surface area (Å²) in [6, 6.07) is 12.1. The summed E-state index contributed by atoms with van der Waals surface area (Å²) in [5.74, 6) is 1.46. The minimum absolute atomic E-state index is 0.0225. The molecule has 3 aliphatic rings. The number of hydrogen-bond acceptors (Lipinski definition) is 7. The van der Waals surface area contributed by atoms with Crippen molar-refractivity contribution in [3.8, 4) is 23.2 Å². The van der Waals surface area contributed by atoms with Crippen molar-refractivity contribution in [2.75, 3.05) is 38.2 Å². The Morgan fingerprint density at radius 2 is 1.91 bits per heavy atom. The van der Waals surface area contributed by atoms with Crippen molar-refractivity contribution in [3.05, 3.63) is 42.7 Å². The van der Waals surface area contributed by atoms with Crippen molar-refractivity contribution in [1.82, 2.24) is 19.9 Å². The highest BCUT2D eigenvalue weighted by Crippen LogP contribution is 2.50. The van der Waals surface area contributed by atoms with Crippen LogP contribution in [0.25, 0.3) is 22.2 Å². The molecule has 0 bridgehead atoms. The van der Waals surface area contributed by atoms with E-state index in [0.717, 1.165) is 54.2 Å². The number of amides is 1. The summed E-state index contributed by atoms with van der Waals surface area (Å²) in [6.07, 6.45) is 4.98. The Labute approximate surface area is 185 Å². The minimum atomic E-state index is -0.717. The number of carbonyl (C=O) groups excluding carboxylic acids is 1. The van der Waals surface area contributed by atoms with Gasteiger partial charge in [-0.05, 0) is 31.0 Å².